The lowest BCUT2D eigenvalue weighted by molar-refractivity contribution is -0.148. The van der Waals surface area contributed by atoms with E-state index in [1.165, 1.54) is 35.6 Å². The normalized spacial score (nSPS) is 30.3. The third kappa shape index (κ3) is 5.03. The zero-order chi connectivity index (χ0) is 28.8. The van der Waals surface area contributed by atoms with Crippen LogP contribution in [0.2, 0.25) is 0 Å². The van der Waals surface area contributed by atoms with Crippen molar-refractivity contribution >= 4 is 34.2 Å². The van der Waals surface area contributed by atoms with Crippen LogP contribution in [-0.4, -0.2) is 63.6 Å². The smallest absolute Gasteiger partial charge is 0.257 e. The number of nitrogens with one attached hydrogen (secondary N) is 1. The van der Waals surface area contributed by atoms with E-state index in [4.69, 9.17) is 10.7 Å². The van der Waals surface area contributed by atoms with Gasteiger partial charge in [0.15, 0.2) is 5.13 Å². The Hall–Kier alpha value is -2.89. The van der Waals surface area contributed by atoms with Gasteiger partial charge in [0.2, 0.25) is 11.8 Å². The Morgan fingerprint density at radius 1 is 1.18 bits per heavy atom. The number of primary amides is 1. The fourth-order valence-electron chi connectivity index (χ4n) is 7.19. The molecule has 0 spiro atoms. The molecule has 3 amide bonds. The second-order valence-corrected chi connectivity index (χ2v) is 13.2. The highest BCUT2D eigenvalue weighted by Gasteiger charge is 2.59. The number of halogens is 1. The van der Waals surface area contributed by atoms with E-state index in [0.717, 1.165) is 10.6 Å². The van der Waals surface area contributed by atoms with Crippen molar-refractivity contribution in [3.8, 4) is 0 Å². The molecule has 2 heterocycles. The molecule has 1 saturated heterocycles. The Labute approximate surface area is 237 Å². The maximum absolute atomic E-state index is 13.6. The summed E-state index contributed by atoms with van der Waals surface area (Å²) in [6, 6.07) is 5.26. The van der Waals surface area contributed by atoms with Crippen LogP contribution in [0.4, 0.5) is 9.52 Å². The number of likely N-dealkylation sites (tertiary alicyclic amines) is 1. The van der Waals surface area contributed by atoms with Gasteiger partial charge in [0.25, 0.3) is 5.91 Å². The first-order chi connectivity index (χ1) is 19.0. The molecule has 5 N–H and O–H groups in total. The van der Waals surface area contributed by atoms with Crippen LogP contribution >= 0.6 is 11.3 Å². The Balaban J connectivity index is 1.45. The minimum absolute atomic E-state index is 0.0255. The van der Waals surface area contributed by atoms with Gasteiger partial charge in [0.1, 0.15) is 5.82 Å². The number of rotatable bonds is 6. The molecule has 11 heteroatoms. The highest BCUT2D eigenvalue weighted by atomic mass is 32.1. The number of anilines is 1. The average Bonchev–Trinajstić information content (AvgIpc) is 3.34. The van der Waals surface area contributed by atoms with E-state index in [-0.39, 0.29) is 42.6 Å². The lowest BCUT2D eigenvalue weighted by Crippen LogP contribution is -2.58. The number of hydrogen-bond donors (Lipinski definition) is 4. The first kappa shape index (κ1) is 28.6. The monoisotopic (exact) mass is 572 g/mol. The molecule has 1 saturated carbocycles. The zero-order valence-corrected chi connectivity index (χ0v) is 23.7. The molecule has 2 aliphatic carbocycles. The largest absolute Gasteiger partial charge is 0.396 e. The summed E-state index contributed by atoms with van der Waals surface area (Å²) in [7, 11) is 0. The number of hydrogen-bond acceptors (Lipinski definition) is 7. The second kappa shape index (κ2) is 10.8. The van der Waals surface area contributed by atoms with Gasteiger partial charge in [-0.15, -0.1) is 11.3 Å². The summed E-state index contributed by atoms with van der Waals surface area (Å²) in [5.74, 6) is -1.81. The molecule has 0 radical (unpaired) electrons. The zero-order valence-electron chi connectivity index (χ0n) is 22.9. The third-order valence-corrected chi connectivity index (χ3v) is 10.9. The number of aliphatic hydroxyl groups excluding tert-OH is 2. The summed E-state index contributed by atoms with van der Waals surface area (Å²) >= 11 is 1.34. The Bertz CT molecular complexity index is 1290. The lowest BCUT2D eigenvalue weighted by Gasteiger charge is -2.58. The van der Waals surface area contributed by atoms with Gasteiger partial charge < -0.3 is 20.8 Å². The van der Waals surface area contributed by atoms with E-state index < -0.39 is 28.7 Å². The number of aliphatic hydroxyl groups is 2. The Kier molecular flexibility index (Phi) is 7.75. The molecular weight excluding hydrogens is 535 g/mol. The van der Waals surface area contributed by atoms with E-state index in [1.54, 1.807) is 4.90 Å². The van der Waals surface area contributed by atoms with Crippen molar-refractivity contribution in [2.45, 2.75) is 64.4 Å². The van der Waals surface area contributed by atoms with Crippen molar-refractivity contribution in [3.63, 3.8) is 0 Å². The van der Waals surface area contributed by atoms with Crippen LogP contribution in [0.25, 0.3) is 0 Å². The summed E-state index contributed by atoms with van der Waals surface area (Å²) in [4.78, 5) is 45.7. The Morgan fingerprint density at radius 2 is 1.85 bits per heavy atom. The average molecular weight is 573 g/mol. The molecule has 40 heavy (non-hydrogen) atoms. The molecule has 216 valence electrons. The summed E-state index contributed by atoms with van der Waals surface area (Å²) in [5.41, 5.74) is 5.38. The number of carbonyl (C=O) groups is 3. The summed E-state index contributed by atoms with van der Waals surface area (Å²) in [6.45, 7) is 4.80. The standard InChI is InChI=1S/C29H37FN4O5S/c1-28-10-7-22(36)29(2,15-35)21(28)14-20-24(19(28)13-23(37)34-11-8-16(9-12-34)25(31)38)32-27(40-20)33-26(39)17-3-5-18(30)6-4-17/h3-6,16,19,21-22,35-36H,7-15H2,1-2H3,(H2,31,38)(H,32,33,39). The summed E-state index contributed by atoms with van der Waals surface area (Å²) in [5, 5.41) is 24.7. The maximum atomic E-state index is 13.6. The quantitative estimate of drug-likeness (QED) is 0.419. The number of benzene rings is 1. The van der Waals surface area contributed by atoms with Crippen LogP contribution in [-0.2, 0) is 16.0 Å². The fourth-order valence-corrected chi connectivity index (χ4v) is 8.25. The van der Waals surface area contributed by atoms with Crippen LogP contribution in [0.3, 0.4) is 0 Å². The number of nitrogens with two attached hydrogens (primary N) is 1. The molecule has 1 aliphatic heterocycles. The summed E-state index contributed by atoms with van der Waals surface area (Å²) < 4.78 is 13.3. The van der Waals surface area contributed by atoms with Gasteiger partial charge in [-0.25, -0.2) is 9.37 Å². The molecule has 1 aromatic heterocycles. The van der Waals surface area contributed by atoms with E-state index in [2.05, 4.69) is 12.2 Å². The Morgan fingerprint density at radius 3 is 2.48 bits per heavy atom. The van der Waals surface area contributed by atoms with Gasteiger partial charge in [-0.3, -0.25) is 19.7 Å². The lowest BCUT2D eigenvalue weighted by atomic mass is 9.47. The van der Waals surface area contributed by atoms with E-state index >= 15 is 0 Å². The first-order valence-corrected chi connectivity index (χ1v) is 14.7. The van der Waals surface area contributed by atoms with Gasteiger partial charge in [0, 0.05) is 47.2 Å². The predicted molar refractivity (Wildman–Crippen MR) is 148 cm³/mol. The predicted octanol–water partition coefficient (Wildman–Crippen LogP) is 3.06. The van der Waals surface area contributed by atoms with Crippen molar-refractivity contribution < 1.29 is 29.0 Å². The van der Waals surface area contributed by atoms with Crippen molar-refractivity contribution in [2.75, 3.05) is 25.0 Å². The number of amides is 3. The molecule has 1 aromatic carbocycles. The van der Waals surface area contributed by atoms with Gasteiger partial charge in [0.05, 0.1) is 18.4 Å². The third-order valence-electron chi connectivity index (χ3n) is 9.85. The van der Waals surface area contributed by atoms with Gasteiger partial charge in [-0.1, -0.05) is 13.8 Å². The number of fused-ring (bicyclic) bond motifs is 2. The van der Waals surface area contributed by atoms with Gasteiger partial charge in [-0.2, -0.15) is 0 Å². The van der Waals surface area contributed by atoms with E-state index in [0.29, 0.717) is 55.9 Å². The van der Waals surface area contributed by atoms with Crippen molar-refractivity contribution in [2.24, 2.45) is 28.4 Å². The van der Waals surface area contributed by atoms with Crippen molar-refractivity contribution in [1.29, 1.82) is 0 Å². The maximum Gasteiger partial charge on any atom is 0.257 e. The molecule has 9 nitrogen and oxygen atoms in total. The number of carbonyl (C=O) groups excluding carboxylic acids is 3. The second-order valence-electron chi connectivity index (χ2n) is 12.1. The molecule has 5 rings (SSSR count). The molecule has 0 bridgehead atoms. The highest BCUT2D eigenvalue weighted by molar-refractivity contribution is 7.15. The fraction of sp³-hybridized carbons (Fsp3) is 0.586. The van der Waals surface area contributed by atoms with Crippen LogP contribution in [0.15, 0.2) is 24.3 Å². The van der Waals surface area contributed by atoms with Gasteiger partial charge in [-0.05, 0) is 67.7 Å². The molecule has 2 fully saturated rings. The molecule has 5 unspecified atom stereocenters. The van der Waals surface area contributed by atoms with Crippen LogP contribution in [0, 0.1) is 28.5 Å². The summed E-state index contributed by atoms with van der Waals surface area (Å²) in [6.07, 6.45) is 2.36. The SMILES string of the molecule is CC1(CO)C(O)CCC2(C)C(CC(=O)N3CCC(C(N)=O)CC3)c3nc(NC(=O)c4ccc(F)cc4)sc3CC12. The number of piperidine rings is 1. The van der Waals surface area contributed by atoms with E-state index in [9.17, 15) is 29.0 Å². The first-order valence-electron chi connectivity index (χ1n) is 13.9. The minimum Gasteiger partial charge on any atom is -0.396 e. The van der Waals surface area contributed by atoms with Crippen molar-refractivity contribution in [3.05, 3.63) is 46.2 Å². The molecule has 2 aromatic rings. The molecule has 3 aliphatic rings. The number of nitrogens with zero attached hydrogens (tertiary/aromatic N) is 2. The minimum atomic E-state index is -0.757. The number of thiazole rings is 1. The number of aromatic nitrogens is 1. The van der Waals surface area contributed by atoms with Crippen LogP contribution < -0.4 is 11.1 Å². The van der Waals surface area contributed by atoms with Crippen molar-refractivity contribution in [1.82, 2.24) is 9.88 Å². The molecular formula is C29H37FN4O5S. The van der Waals surface area contributed by atoms with Crippen LogP contribution in [0.5, 0.6) is 0 Å². The van der Waals surface area contributed by atoms with E-state index in [1.807, 2.05) is 6.92 Å². The topological polar surface area (TPSA) is 146 Å². The van der Waals surface area contributed by atoms with Gasteiger partial charge >= 0.3 is 0 Å². The highest BCUT2D eigenvalue weighted by Crippen LogP contribution is 2.63. The molecule has 5 atom stereocenters. The van der Waals surface area contributed by atoms with Crippen LogP contribution in [0.1, 0.15) is 72.8 Å².